The summed E-state index contributed by atoms with van der Waals surface area (Å²) in [6.45, 7) is 9.68. The van der Waals surface area contributed by atoms with Crippen LogP contribution in [0.3, 0.4) is 0 Å². The van der Waals surface area contributed by atoms with Gasteiger partial charge in [0.15, 0.2) is 0 Å². The molecule has 0 fully saturated rings. The molecule has 0 radical (unpaired) electrons. The Balaban J connectivity index is 0.000000229. The summed E-state index contributed by atoms with van der Waals surface area (Å²) in [7, 11) is 0. The number of rotatable bonds is 4. The highest BCUT2D eigenvalue weighted by molar-refractivity contribution is 5.98. The first-order valence-electron chi connectivity index (χ1n) is 10.9. The van der Waals surface area contributed by atoms with Crippen molar-refractivity contribution in [2.75, 3.05) is 0 Å². The minimum atomic E-state index is -0.619. The molecule has 0 bridgehead atoms. The number of aryl methyl sites for hydroxylation is 2. The van der Waals surface area contributed by atoms with Gasteiger partial charge in [0.1, 0.15) is 11.8 Å². The molecule has 6 nitrogen and oxygen atoms in total. The zero-order chi connectivity index (χ0) is 25.0. The fourth-order valence-corrected chi connectivity index (χ4v) is 4.00. The molecular weight excluding hydrogens is 424 g/mol. The number of fused-ring (bicyclic) bond motifs is 1. The van der Waals surface area contributed by atoms with Crippen LogP contribution in [0.1, 0.15) is 49.3 Å². The van der Waals surface area contributed by atoms with Gasteiger partial charge in [-0.1, -0.05) is 18.2 Å². The van der Waals surface area contributed by atoms with E-state index in [-0.39, 0.29) is 16.9 Å². The first-order valence-corrected chi connectivity index (χ1v) is 10.9. The number of hydrogen-bond acceptors (Lipinski definition) is 4. The quantitative estimate of drug-likeness (QED) is 0.366. The van der Waals surface area contributed by atoms with Crippen molar-refractivity contribution in [3.8, 4) is 11.8 Å². The molecule has 0 aliphatic heterocycles. The van der Waals surface area contributed by atoms with Gasteiger partial charge in [-0.2, -0.15) is 5.26 Å². The number of nitrogens with zero attached hydrogens (tertiary/aromatic N) is 2. The second-order valence-electron chi connectivity index (χ2n) is 8.31. The monoisotopic (exact) mass is 452 g/mol. The number of aromatic nitrogens is 1. The van der Waals surface area contributed by atoms with Crippen LogP contribution in [0.4, 0.5) is 0 Å². The third-order valence-corrected chi connectivity index (χ3v) is 6.25. The number of phenols is 1. The lowest BCUT2D eigenvalue weighted by Crippen LogP contribution is -2.10. The van der Waals surface area contributed by atoms with Crippen molar-refractivity contribution in [3.05, 3.63) is 99.2 Å². The maximum absolute atomic E-state index is 10.6. The minimum Gasteiger partial charge on any atom is -0.507 e. The Morgan fingerprint density at radius 3 is 2.35 bits per heavy atom. The Morgan fingerprint density at radius 2 is 1.76 bits per heavy atom. The molecular formula is C28H28N4O2. The van der Waals surface area contributed by atoms with Crippen LogP contribution < -0.4 is 5.73 Å². The number of phenolic OH excluding ortho intramolecular Hbond substituents is 1. The smallest absolute Gasteiger partial charge is 0.248 e. The Kier molecular flexibility index (Phi) is 7.18. The number of nitrogens with one attached hydrogen (secondary N) is 1. The summed E-state index contributed by atoms with van der Waals surface area (Å²) in [6, 6.07) is 16.1. The molecule has 0 atom stereocenters. The van der Waals surface area contributed by atoms with Crippen molar-refractivity contribution in [2.24, 2.45) is 5.73 Å². The fraction of sp³-hybridized carbons (Fsp3) is 0.179. The van der Waals surface area contributed by atoms with Gasteiger partial charge in [-0.05, 0) is 85.8 Å². The highest BCUT2D eigenvalue weighted by Crippen LogP contribution is 2.25. The average molecular weight is 453 g/mol. The molecule has 4 aromatic rings. The first-order chi connectivity index (χ1) is 16.2. The van der Waals surface area contributed by atoms with Crippen molar-refractivity contribution in [1.29, 1.82) is 10.7 Å². The van der Waals surface area contributed by atoms with E-state index >= 15 is 0 Å². The van der Waals surface area contributed by atoms with Gasteiger partial charge < -0.3 is 20.8 Å². The maximum Gasteiger partial charge on any atom is 0.248 e. The Morgan fingerprint density at radius 1 is 1.09 bits per heavy atom. The van der Waals surface area contributed by atoms with Crippen molar-refractivity contribution < 1.29 is 9.90 Å². The van der Waals surface area contributed by atoms with Gasteiger partial charge in [0.2, 0.25) is 5.91 Å². The van der Waals surface area contributed by atoms with Crippen LogP contribution in [0.2, 0.25) is 0 Å². The second-order valence-corrected chi connectivity index (χ2v) is 8.31. The molecule has 4 rings (SSSR count). The molecule has 34 heavy (non-hydrogen) atoms. The molecule has 1 heterocycles. The van der Waals surface area contributed by atoms with E-state index in [9.17, 15) is 4.79 Å². The summed E-state index contributed by atoms with van der Waals surface area (Å²) in [5, 5.41) is 26.2. The number of nitrogens with two attached hydrogens (primary N) is 1. The zero-order valence-electron chi connectivity index (χ0n) is 19.8. The fourth-order valence-electron chi connectivity index (χ4n) is 4.00. The van der Waals surface area contributed by atoms with E-state index in [0.29, 0.717) is 0 Å². The third-order valence-electron chi connectivity index (χ3n) is 6.25. The molecule has 3 aromatic carbocycles. The highest BCUT2D eigenvalue weighted by atomic mass is 16.3. The molecule has 0 saturated carbocycles. The van der Waals surface area contributed by atoms with Crippen LogP contribution >= 0.6 is 0 Å². The summed E-state index contributed by atoms with van der Waals surface area (Å²) in [4.78, 5) is 10.6. The molecule has 0 saturated heterocycles. The third kappa shape index (κ3) is 4.84. The van der Waals surface area contributed by atoms with E-state index in [0.717, 1.165) is 17.5 Å². The predicted molar refractivity (Wildman–Crippen MR) is 136 cm³/mol. The van der Waals surface area contributed by atoms with Gasteiger partial charge in [-0.3, -0.25) is 4.79 Å². The van der Waals surface area contributed by atoms with Gasteiger partial charge in [0.25, 0.3) is 0 Å². The predicted octanol–water partition coefficient (Wildman–Crippen LogP) is 5.28. The summed E-state index contributed by atoms with van der Waals surface area (Å²) in [6.07, 6.45) is 3.56. The lowest BCUT2D eigenvalue weighted by Gasteiger charge is -2.16. The second kappa shape index (κ2) is 10.1. The number of hydrogen-bond donors (Lipinski definition) is 3. The Bertz CT molecular complexity index is 1420. The van der Waals surface area contributed by atoms with Gasteiger partial charge in [0, 0.05) is 41.0 Å². The lowest BCUT2D eigenvalue weighted by atomic mass is 9.94. The van der Waals surface area contributed by atoms with E-state index in [1.807, 2.05) is 12.1 Å². The van der Waals surface area contributed by atoms with E-state index in [1.165, 1.54) is 57.7 Å². The van der Waals surface area contributed by atoms with Crippen LogP contribution in [0.25, 0.3) is 10.9 Å². The normalized spacial score (nSPS) is 10.3. The topological polar surface area (TPSA) is 116 Å². The number of carbonyl (C=O) groups excluding carboxylic acids is 1. The van der Waals surface area contributed by atoms with Crippen LogP contribution in [-0.4, -0.2) is 21.8 Å². The molecule has 0 aliphatic carbocycles. The lowest BCUT2D eigenvalue weighted by molar-refractivity contribution is 0.1000. The number of nitriles is 1. The molecule has 172 valence electrons. The Labute approximate surface area is 199 Å². The van der Waals surface area contributed by atoms with Crippen molar-refractivity contribution >= 4 is 23.0 Å². The van der Waals surface area contributed by atoms with Crippen LogP contribution in [0, 0.1) is 44.4 Å². The van der Waals surface area contributed by atoms with E-state index in [4.69, 9.17) is 21.5 Å². The van der Waals surface area contributed by atoms with E-state index in [2.05, 4.69) is 56.7 Å². The standard InChI is InChI=1S/C20H22N2.C8H6N2O2/c1-13-10-14(2)16(4)19(15(13)3)12-22-9-8-18-17(11-21)6-5-7-20(18)22;9-4-6-3-5(8(10)12)1-2-7(6)11/h5-11,21H,12H2,1-4H3;1-3,11H,(H2,10,12). The molecule has 1 aromatic heterocycles. The SMILES string of the molecule is Cc1cc(C)c(C)c(Cn2ccc3c(C=N)cccc32)c1C.N#Cc1cc(C(N)=O)ccc1O. The Hall–Kier alpha value is -4.37. The number of amides is 1. The average Bonchev–Trinajstić information content (AvgIpc) is 3.24. The number of aromatic hydroxyl groups is 1. The van der Waals surface area contributed by atoms with Gasteiger partial charge >= 0.3 is 0 Å². The summed E-state index contributed by atoms with van der Waals surface area (Å²) in [5.74, 6) is -0.769. The number of primary amides is 1. The number of carbonyl (C=O) groups is 1. The molecule has 4 N–H and O–H groups in total. The molecule has 1 amide bonds. The summed E-state index contributed by atoms with van der Waals surface area (Å²) < 4.78 is 2.29. The molecule has 0 aliphatic rings. The van der Waals surface area contributed by atoms with E-state index < -0.39 is 5.91 Å². The largest absolute Gasteiger partial charge is 0.507 e. The molecule has 0 unspecified atom stereocenters. The molecule has 0 spiro atoms. The van der Waals surface area contributed by atoms with Crippen molar-refractivity contribution in [3.63, 3.8) is 0 Å². The van der Waals surface area contributed by atoms with Crippen molar-refractivity contribution in [2.45, 2.75) is 34.2 Å². The number of benzene rings is 3. The highest BCUT2D eigenvalue weighted by Gasteiger charge is 2.11. The van der Waals surface area contributed by atoms with E-state index in [1.54, 1.807) is 6.07 Å². The molecule has 6 heteroatoms. The van der Waals surface area contributed by atoms with Gasteiger partial charge in [-0.25, -0.2) is 0 Å². The van der Waals surface area contributed by atoms with Crippen LogP contribution in [-0.2, 0) is 6.54 Å². The van der Waals surface area contributed by atoms with Gasteiger partial charge in [0.05, 0.1) is 5.56 Å². The van der Waals surface area contributed by atoms with Crippen molar-refractivity contribution in [1.82, 2.24) is 4.57 Å². The van der Waals surface area contributed by atoms with Crippen LogP contribution in [0.5, 0.6) is 5.75 Å². The first kappa shape index (κ1) is 24.3. The summed E-state index contributed by atoms with van der Waals surface area (Å²) >= 11 is 0. The van der Waals surface area contributed by atoms with Gasteiger partial charge in [-0.15, -0.1) is 0 Å². The van der Waals surface area contributed by atoms with Crippen LogP contribution in [0.15, 0.2) is 54.7 Å². The summed E-state index contributed by atoms with van der Waals surface area (Å²) in [5.41, 5.74) is 14.3. The minimum absolute atomic E-state index is 0.0475. The maximum atomic E-state index is 10.6. The zero-order valence-corrected chi connectivity index (χ0v) is 19.8.